The molecule has 0 aliphatic carbocycles. The van der Waals surface area contributed by atoms with Gasteiger partial charge in [-0.3, -0.25) is 14.5 Å². The van der Waals surface area contributed by atoms with Gasteiger partial charge in [0.25, 0.3) is 5.91 Å². The highest BCUT2D eigenvalue weighted by molar-refractivity contribution is 7.22. The van der Waals surface area contributed by atoms with Crippen LogP contribution in [-0.2, 0) is 4.79 Å². The van der Waals surface area contributed by atoms with E-state index in [9.17, 15) is 14.7 Å². The number of hydrogen-bond donors (Lipinski definition) is 1. The van der Waals surface area contributed by atoms with Gasteiger partial charge in [-0.2, -0.15) is 0 Å². The van der Waals surface area contributed by atoms with Crippen LogP contribution in [0.15, 0.2) is 76.6 Å². The van der Waals surface area contributed by atoms with Crippen LogP contribution in [0.25, 0.3) is 10.2 Å². The van der Waals surface area contributed by atoms with E-state index in [0.29, 0.717) is 27.7 Å². The first-order chi connectivity index (χ1) is 16.0. The third kappa shape index (κ3) is 3.33. The maximum Gasteiger partial charge on any atom is 0.296 e. The summed E-state index contributed by atoms with van der Waals surface area (Å²) in [5.74, 6) is -0.841. The number of rotatable bonds is 6. The summed E-state index contributed by atoms with van der Waals surface area (Å²) in [5, 5.41) is 11.2. The van der Waals surface area contributed by atoms with Gasteiger partial charge in [0.15, 0.2) is 16.7 Å². The van der Waals surface area contributed by atoms with E-state index in [1.165, 1.54) is 35.7 Å². The van der Waals surface area contributed by atoms with Crippen molar-refractivity contribution < 1.29 is 28.6 Å². The van der Waals surface area contributed by atoms with Gasteiger partial charge in [0.05, 0.1) is 36.3 Å². The SMILES string of the molecule is COc1ccc2nc(N3C(=O)C(O)=C(C(=O)c4ccco4)[C@H]3c3ccccc3OC)sc2c1. The molecule has 1 aliphatic rings. The number of para-hydroxylation sites is 1. The van der Waals surface area contributed by atoms with Crippen molar-refractivity contribution in [2.24, 2.45) is 0 Å². The second-order valence-corrected chi connectivity index (χ2v) is 8.23. The summed E-state index contributed by atoms with van der Waals surface area (Å²) in [7, 11) is 3.07. The molecule has 9 heteroatoms. The molecule has 5 rings (SSSR count). The Morgan fingerprint density at radius 3 is 2.67 bits per heavy atom. The number of aliphatic hydroxyl groups excluding tert-OH is 1. The molecule has 3 heterocycles. The van der Waals surface area contributed by atoms with Crippen LogP contribution in [0.5, 0.6) is 11.5 Å². The Balaban J connectivity index is 1.70. The average molecular weight is 462 g/mol. The molecule has 4 aromatic rings. The van der Waals surface area contributed by atoms with Gasteiger partial charge in [-0.05, 0) is 36.4 Å². The number of aromatic nitrogens is 1. The van der Waals surface area contributed by atoms with E-state index in [1.54, 1.807) is 49.6 Å². The second kappa shape index (κ2) is 8.10. The molecule has 0 radical (unpaired) electrons. The molecule has 1 atom stereocenters. The third-order valence-electron chi connectivity index (χ3n) is 5.42. The lowest BCUT2D eigenvalue weighted by atomic mass is 9.94. The van der Waals surface area contributed by atoms with Gasteiger partial charge in [-0.1, -0.05) is 29.5 Å². The van der Waals surface area contributed by atoms with Gasteiger partial charge in [0.2, 0.25) is 5.78 Å². The summed E-state index contributed by atoms with van der Waals surface area (Å²) in [4.78, 5) is 32.5. The van der Waals surface area contributed by atoms with Crippen molar-refractivity contribution in [1.82, 2.24) is 4.98 Å². The van der Waals surface area contributed by atoms with Crippen LogP contribution in [0.3, 0.4) is 0 Å². The van der Waals surface area contributed by atoms with Crippen molar-refractivity contribution in [3.63, 3.8) is 0 Å². The van der Waals surface area contributed by atoms with Crippen molar-refractivity contribution in [3.8, 4) is 11.5 Å². The predicted octanol–water partition coefficient (Wildman–Crippen LogP) is 4.69. The third-order valence-corrected chi connectivity index (χ3v) is 6.44. The number of fused-ring (bicyclic) bond motifs is 1. The zero-order valence-electron chi connectivity index (χ0n) is 17.6. The number of ether oxygens (including phenoxy) is 2. The first kappa shape index (κ1) is 20.8. The summed E-state index contributed by atoms with van der Waals surface area (Å²) in [5.41, 5.74) is 1.09. The molecule has 2 aromatic heterocycles. The standard InChI is InChI=1S/C24H18N2O6S/c1-30-13-9-10-15-18(12-13)33-24(25-15)26-20(14-6-3-4-7-16(14)31-2)19(22(28)23(26)29)21(27)17-8-5-11-32-17/h3-12,20,28H,1-2H3/t20-/m1/s1. The van der Waals surface area contributed by atoms with E-state index >= 15 is 0 Å². The molecule has 2 aromatic carbocycles. The minimum Gasteiger partial charge on any atom is -0.503 e. The first-order valence-corrected chi connectivity index (χ1v) is 10.8. The molecule has 0 saturated heterocycles. The van der Waals surface area contributed by atoms with E-state index in [4.69, 9.17) is 13.9 Å². The summed E-state index contributed by atoms with van der Waals surface area (Å²) in [6, 6.07) is 14.5. The maximum absolute atomic E-state index is 13.3. The van der Waals surface area contributed by atoms with Crippen LogP contribution in [-0.4, -0.2) is 36.0 Å². The smallest absolute Gasteiger partial charge is 0.296 e. The number of carbonyl (C=O) groups is 2. The topological polar surface area (TPSA) is 102 Å². The quantitative estimate of drug-likeness (QED) is 0.415. The molecule has 1 aliphatic heterocycles. The lowest BCUT2D eigenvalue weighted by Gasteiger charge is -2.25. The number of anilines is 1. The number of aliphatic hydroxyl groups is 1. The zero-order valence-corrected chi connectivity index (χ0v) is 18.5. The number of carbonyl (C=O) groups excluding carboxylic acids is 2. The van der Waals surface area contributed by atoms with Gasteiger partial charge in [-0.15, -0.1) is 0 Å². The van der Waals surface area contributed by atoms with E-state index in [2.05, 4.69) is 4.98 Å². The minimum atomic E-state index is -0.964. The van der Waals surface area contributed by atoms with E-state index in [1.807, 2.05) is 6.07 Å². The van der Waals surface area contributed by atoms with Crippen LogP contribution in [0.4, 0.5) is 5.13 Å². The Hall–Kier alpha value is -4.11. The number of amides is 1. The van der Waals surface area contributed by atoms with E-state index in [0.717, 1.165) is 4.70 Å². The number of nitrogens with zero attached hydrogens (tertiary/aromatic N) is 2. The predicted molar refractivity (Wildman–Crippen MR) is 122 cm³/mol. The second-order valence-electron chi connectivity index (χ2n) is 7.22. The van der Waals surface area contributed by atoms with Crippen molar-refractivity contribution >= 4 is 38.4 Å². The number of benzene rings is 2. The number of ketones is 1. The number of thiazole rings is 1. The van der Waals surface area contributed by atoms with Crippen molar-refractivity contribution in [1.29, 1.82) is 0 Å². The van der Waals surface area contributed by atoms with Crippen LogP contribution in [0.1, 0.15) is 22.2 Å². The molecule has 1 amide bonds. The Morgan fingerprint density at radius 1 is 1.12 bits per heavy atom. The number of methoxy groups -OCH3 is 2. The van der Waals surface area contributed by atoms with Crippen LogP contribution in [0, 0.1) is 0 Å². The van der Waals surface area contributed by atoms with Gasteiger partial charge >= 0.3 is 0 Å². The molecule has 1 N–H and O–H groups in total. The average Bonchev–Trinajstić information content (AvgIpc) is 3.57. The highest BCUT2D eigenvalue weighted by atomic mass is 32.1. The van der Waals surface area contributed by atoms with Crippen LogP contribution in [0.2, 0.25) is 0 Å². The monoisotopic (exact) mass is 462 g/mol. The van der Waals surface area contributed by atoms with Crippen molar-refractivity contribution in [3.05, 3.63) is 83.5 Å². The largest absolute Gasteiger partial charge is 0.503 e. The molecule has 0 bridgehead atoms. The van der Waals surface area contributed by atoms with Crippen LogP contribution < -0.4 is 14.4 Å². The van der Waals surface area contributed by atoms with Gasteiger partial charge < -0.3 is 19.0 Å². The molecule has 33 heavy (non-hydrogen) atoms. The van der Waals surface area contributed by atoms with Crippen molar-refractivity contribution in [2.75, 3.05) is 19.1 Å². The molecule has 0 saturated carbocycles. The lowest BCUT2D eigenvalue weighted by molar-refractivity contribution is -0.117. The molecular weight excluding hydrogens is 444 g/mol. The molecule has 0 fully saturated rings. The summed E-state index contributed by atoms with van der Waals surface area (Å²) in [6.07, 6.45) is 1.36. The number of hydrogen-bond acceptors (Lipinski definition) is 8. The van der Waals surface area contributed by atoms with E-state index in [-0.39, 0.29) is 11.3 Å². The minimum absolute atomic E-state index is 0.0140. The molecular formula is C24H18N2O6S. The fourth-order valence-corrected chi connectivity index (χ4v) is 4.91. The summed E-state index contributed by atoms with van der Waals surface area (Å²) in [6.45, 7) is 0. The fourth-order valence-electron chi connectivity index (χ4n) is 3.88. The maximum atomic E-state index is 13.3. The fraction of sp³-hybridized carbons (Fsp3) is 0.125. The highest BCUT2D eigenvalue weighted by Crippen LogP contribution is 2.46. The Kier molecular flexibility index (Phi) is 5.10. The highest BCUT2D eigenvalue weighted by Gasteiger charge is 2.47. The molecule has 0 unspecified atom stereocenters. The van der Waals surface area contributed by atoms with Crippen LogP contribution >= 0.6 is 11.3 Å². The first-order valence-electron chi connectivity index (χ1n) is 9.96. The number of Topliss-reactive ketones (excluding diaryl/α,β-unsaturated/α-hetero) is 1. The Labute approximate surface area is 192 Å². The molecule has 0 spiro atoms. The van der Waals surface area contributed by atoms with Gasteiger partial charge in [-0.25, -0.2) is 4.98 Å². The summed E-state index contributed by atoms with van der Waals surface area (Å²) < 4.78 is 16.9. The van der Waals surface area contributed by atoms with E-state index < -0.39 is 23.5 Å². The molecule has 166 valence electrons. The molecule has 8 nitrogen and oxygen atoms in total. The zero-order chi connectivity index (χ0) is 23.1. The van der Waals surface area contributed by atoms with Gasteiger partial charge in [0, 0.05) is 5.56 Å². The van der Waals surface area contributed by atoms with Gasteiger partial charge in [0.1, 0.15) is 17.5 Å². The summed E-state index contributed by atoms with van der Waals surface area (Å²) >= 11 is 1.25. The Bertz CT molecular complexity index is 1410. The van der Waals surface area contributed by atoms with Crippen molar-refractivity contribution in [2.45, 2.75) is 6.04 Å². The Morgan fingerprint density at radius 2 is 1.94 bits per heavy atom. The number of furan rings is 1. The normalized spacial score (nSPS) is 16.0. The lowest BCUT2D eigenvalue weighted by Crippen LogP contribution is -2.31.